The molecule has 0 aliphatic heterocycles. The van der Waals surface area contributed by atoms with Gasteiger partial charge in [-0.15, -0.1) is 23.1 Å². The van der Waals surface area contributed by atoms with Gasteiger partial charge in [0.1, 0.15) is 10.8 Å². The molecule has 2 heterocycles. The molecule has 3 aromatic rings. The van der Waals surface area contributed by atoms with Gasteiger partial charge in [-0.05, 0) is 43.4 Å². The summed E-state index contributed by atoms with van der Waals surface area (Å²) in [4.78, 5) is 22.2. The van der Waals surface area contributed by atoms with Gasteiger partial charge in [0.25, 0.3) is 0 Å². The van der Waals surface area contributed by atoms with Crippen molar-refractivity contribution in [1.29, 1.82) is 0 Å². The predicted molar refractivity (Wildman–Crippen MR) is 117 cm³/mol. The summed E-state index contributed by atoms with van der Waals surface area (Å²) in [6, 6.07) is 8.08. The molecule has 6 heteroatoms. The molecule has 0 spiro atoms. The van der Waals surface area contributed by atoms with Gasteiger partial charge in [0.15, 0.2) is 0 Å². The summed E-state index contributed by atoms with van der Waals surface area (Å²) in [5, 5.41) is 4.13. The SMILES string of the molecule is CC(C)(C)SCC(=O)Nc1sc2c(c1-c1nc3ccccc3[nH]1)CCCC2. The van der Waals surface area contributed by atoms with Crippen LogP contribution in [-0.4, -0.2) is 26.4 Å². The van der Waals surface area contributed by atoms with Gasteiger partial charge in [0.05, 0.1) is 22.3 Å². The average molecular weight is 400 g/mol. The number of carbonyl (C=O) groups is 1. The zero-order valence-corrected chi connectivity index (χ0v) is 17.6. The van der Waals surface area contributed by atoms with Crippen molar-refractivity contribution in [2.75, 3.05) is 11.1 Å². The van der Waals surface area contributed by atoms with Crippen LogP contribution in [0.15, 0.2) is 24.3 Å². The van der Waals surface area contributed by atoms with Crippen molar-refractivity contribution in [2.24, 2.45) is 0 Å². The summed E-state index contributed by atoms with van der Waals surface area (Å²) in [5.74, 6) is 1.39. The first kappa shape index (κ1) is 18.6. The van der Waals surface area contributed by atoms with Gasteiger partial charge in [-0.3, -0.25) is 4.79 Å². The normalized spacial score (nSPS) is 14.3. The van der Waals surface area contributed by atoms with Crippen molar-refractivity contribution >= 4 is 45.0 Å². The number of aryl methyl sites for hydroxylation is 1. The quantitative estimate of drug-likeness (QED) is 0.597. The third kappa shape index (κ3) is 4.06. The number of imidazole rings is 1. The molecule has 2 aromatic heterocycles. The molecule has 1 aliphatic rings. The number of nitrogens with zero attached hydrogens (tertiary/aromatic N) is 1. The fourth-order valence-electron chi connectivity index (χ4n) is 3.42. The van der Waals surface area contributed by atoms with Crippen molar-refractivity contribution in [2.45, 2.75) is 51.2 Å². The van der Waals surface area contributed by atoms with E-state index in [4.69, 9.17) is 4.98 Å². The highest BCUT2D eigenvalue weighted by Gasteiger charge is 2.25. The van der Waals surface area contributed by atoms with Crippen LogP contribution in [0.4, 0.5) is 5.00 Å². The molecule has 0 saturated heterocycles. The smallest absolute Gasteiger partial charge is 0.235 e. The number of para-hydroxylation sites is 2. The minimum absolute atomic E-state index is 0.0610. The number of aromatic amines is 1. The molecule has 0 unspecified atom stereocenters. The Morgan fingerprint density at radius 2 is 2.04 bits per heavy atom. The predicted octanol–water partition coefficient (Wildman–Crippen LogP) is 5.64. The van der Waals surface area contributed by atoms with Gasteiger partial charge in [-0.2, -0.15) is 0 Å². The van der Waals surface area contributed by atoms with Crippen LogP contribution in [0.5, 0.6) is 0 Å². The van der Waals surface area contributed by atoms with Crippen molar-refractivity contribution in [3.63, 3.8) is 0 Å². The van der Waals surface area contributed by atoms with Crippen molar-refractivity contribution < 1.29 is 4.79 Å². The minimum atomic E-state index is 0.0610. The highest BCUT2D eigenvalue weighted by atomic mass is 32.2. The minimum Gasteiger partial charge on any atom is -0.338 e. The van der Waals surface area contributed by atoms with E-state index >= 15 is 0 Å². The Hall–Kier alpha value is -1.79. The van der Waals surface area contributed by atoms with Gasteiger partial charge in [0.2, 0.25) is 5.91 Å². The lowest BCUT2D eigenvalue weighted by molar-refractivity contribution is -0.113. The molecular formula is C21H25N3OS2. The first-order valence-corrected chi connectivity index (χ1v) is 11.2. The molecule has 0 bridgehead atoms. The number of benzene rings is 1. The van der Waals surface area contributed by atoms with E-state index in [0.29, 0.717) is 5.75 Å². The fourth-order valence-corrected chi connectivity index (χ4v) is 5.36. The molecule has 0 fully saturated rings. The van der Waals surface area contributed by atoms with Gasteiger partial charge in [-0.25, -0.2) is 4.98 Å². The third-order valence-electron chi connectivity index (χ3n) is 4.69. The van der Waals surface area contributed by atoms with Crippen LogP contribution in [0.2, 0.25) is 0 Å². The molecule has 4 nitrogen and oxygen atoms in total. The van der Waals surface area contributed by atoms with E-state index in [2.05, 4.69) is 31.1 Å². The largest absolute Gasteiger partial charge is 0.338 e. The van der Waals surface area contributed by atoms with Crippen LogP contribution in [0.3, 0.4) is 0 Å². The molecule has 1 aromatic carbocycles. The Balaban J connectivity index is 1.69. The lowest BCUT2D eigenvalue weighted by Crippen LogP contribution is -2.18. The number of hydrogen-bond acceptors (Lipinski definition) is 4. The number of nitrogens with one attached hydrogen (secondary N) is 2. The second-order valence-corrected chi connectivity index (χ2v) is 10.9. The van der Waals surface area contributed by atoms with Crippen LogP contribution in [0.1, 0.15) is 44.1 Å². The van der Waals surface area contributed by atoms with E-state index in [1.54, 1.807) is 23.1 Å². The molecule has 4 rings (SSSR count). The molecule has 1 amide bonds. The average Bonchev–Trinajstić information content (AvgIpc) is 3.19. The number of H-pyrrole nitrogens is 1. The summed E-state index contributed by atoms with van der Waals surface area (Å²) >= 11 is 3.40. The van der Waals surface area contributed by atoms with Crippen LogP contribution in [0.25, 0.3) is 22.4 Å². The van der Waals surface area contributed by atoms with Crippen LogP contribution in [-0.2, 0) is 17.6 Å². The molecular weight excluding hydrogens is 374 g/mol. The van der Waals surface area contributed by atoms with E-state index in [1.165, 1.54) is 23.3 Å². The molecule has 2 N–H and O–H groups in total. The zero-order valence-electron chi connectivity index (χ0n) is 16.0. The Morgan fingerprint density at radius 3 is 2.81 bits per heavy atom. The Labute approximate surface area is 168 Å². The highest BCUT2D eigenvalue weighted by molar-refractivity contribution is 8.01. The number of fused-ring (bicyclic) bond motifs is 2. The fraction of sp³-hybridized carbons (Fsp3) is 0.429. The van der Waals surface area contributed by atoms with E-state index in [0.717, 1.165) is 40.3 Å². The lowest BCUT2D eigenvalue weighted by atomic mass is 9.95. The van der Waals surface area contributed by atoms with Crippen molar-refractivity contribution in [3.8, 4) is 11.4 Å². The van der Waals surface area contributed by atoms with Gasteiger partial charge in [0, 0.05) is 9.62 Å². The van der Waals surface area contributed by atoms with E-state index < -0.39 is 0 Å². The number of amides is 1. The highest BCUT2D eigenvalue weighted by Crippen LogP contribution is 2.43. The van der Waals surface area contributed by atoms with E-state index in [-0.39, 0.29) is 10.7 Å². The van der Waals surface area contributed by atoms with E-state index in [9.17, 15) is 4.79 Å². The number of anilines is 1. The maximum atomic E-state index is 12.6. The maximum Gasteiger partial charge on any atom is 0.235 e. The molecule has 142 valence electrons. The Kier molecular flexibility index (Phi) is 5.03. The topological polar surface area (TPSA) is 57.8 Å². The number of carbonyl (C=O) groups excluding carboxylic acids is 1. The summed E-state index contributed by atoms with van der Waals surface area (Å²) in [6.45, 7) is 6.40. The van der Waals surface area contributed by atoms with Crippen LogP contribution < -0.4 is 5.32 Å². The second-order valence-electron chi connectivity index (χ2n) is 7.97. The second kappa shape index (κ2) is 7.32. The first-order valence-electron chi connectivity index (χ1n) is 9.44. The summed E-state index contributed by atoms with van der Waals surface area (Å²) < 4.78 is 0.0770. The zero-order chi connectivity index (χ0) is 19.0. The van der Waals surface area contributed by atoms with Crippen molar-refractivity contribution in [1.82, 2.24) is 9.97 Å². The molecule has 1 aliphatic carbocycles. The Bertz CT molecular complexity index is 948. The summed E-state index contributed by atoms with van der Waals surface area (Å²) in [6.07, 6.45) is 4.58. The number of rotatable bonds is 4. The van der Waals surface area contributed by atoms with E-state index in [1.807, 2.05) is 24.3 Å². The van der Waals surface area contributed by atoms with Gasteiger partial charge in [-0.1, -0.05) is 32.9 Å². The monoisotopic (exact) mass is 399 g/mol. The van der Waals surface area contributed by atoms with Gasteiger partial charge >= 0.3 is 0 Å². The van der Waals surface area contributed by atoms with Crippen molar-refractivity contribution in [3.05, 3.63) is 34.7 Å². The summed E-state index contributed by atoms with van der Waals surface area (Å²) in [7, 11) is 0. The molecule has 0 atom stereocenters. The maximum absolute atomic E-state index is 12.6. The molecule has 0 saturated carbocycles. The standard InChI is InChI=1S/C21H25N3OS2/c1-21(2,3)26-12-17(25)24-20-18(13-8-4-7-11-16(13)27-20)19-22-14-9-5-6-10-15(14)23-19/h5-6,9-10H,4,7-8,11-12H2,1-3H3,(H,22,23)(H,24,25). The number of hydrogen-bond donors (Lipinski definition) is 2. The van der Waals surface area contributed by atoms with Gasteiger partial charge < -0.3 is 10.3 Å². The lowest BCUT2D eigenvalue weighted by Gasteiger charge is -2.17. The van der Waals surface area contributed by atoms with Crippen LogP contribution in [0, 0.1) is 0 Å². The number of aromatic nitrogens is 2. The third-order valence-corrected chi connectivity index (χ3v) is 7.17. The number of thioether (sulfide) groups is 1. The van der Waals surface area contributed by atoms with Crippen LogP contribution >= 0.6 is 23.1 Å². The Morgan fingerprint density at radius 1 is 1.26 bits per heavy atom. The summed E-state index contributed by atoms with van der Waals surface area (Å²) in [5.41, 5.74) is 4.46. The molecule has 27 heavy (non-hydrogen) atoms. The first-order chi connectivity index (χ1) is 12.9. The molecule has 0 radical (unpaired) electrons. The number of thiophene rings is 1.